The largest absolute Gasteiger partial charge is 0.497 e. The van der Waals surface area contributed by atoms with Gasteiger partial charge in [0.2, 0.25) is 5.52 Å². The van der Waals surface area contributed by atoms with Crippen molar-refractivity contribution in [2.45, 2.75) is 0 Å². The van der Waals surface area contributed by atoms with Crippen LogP contribution in [0.2, 0.25) is 0 Å². The molecule has 0 radical (unpaired) electrons. The van der Waals surface area contributed by atoms with Gasteiger partial charge in [0.25, 0.3) is 0 Å². The van der Waals surface area contributed by atoms with Crippen LogP contribution in [0.3, 0.4) is 0 Å². The smallest absolute Gasteiger partial charge is 0.211 e. The van der Waals surface area contributed by atoms with Gasteiger partial charge in [-0.3, -0.25) is 0 Å². The van der Waals surface area contributed by atoms with Crippen LogP contribution >= 0.6 is 0 Å². The third kappa shape index (κ3) is 4.52. The maximum Gasteiger partial charge on any atom is 0.211 e. The van der Waals surface area contributed by atoms with E-state index < -0.39 is 10.2 Å². The molecule has 0 amide bonds. The molecular formula is C14H12ClNO5. The predicted octanol–water partition coefficient (Wildman–Crippen LogP) is -2.17. The number of halogens is 1. The zero-order valence-corrected chi connectivity index (χ0v) is 11.8. The fourth-order valence-corrected chi connectivity index (χ4v) is 1.94. The second kappa shape index (κ2) is 6.21. The third-order valence-electron chi connectivity index (χ3n) is 2.80. The van der Waals surface area contributed by atoms with Crippen molar-refractivity contribution >= 4 is 16.3 Å². The van der Waals surface area contributed by atoms with E-state index in [0.717, 1.165) is 5.75 Å². The molecule has 2 aromatic heterocycles. The van der Waals surface area contributed by atoms with Gasteiger partial charge in [-0.2, -0.15) is 4.40 Å². The molecule has 0 bridgehead atoms. The first-order valence-electron chi connectivity index (χ1n) is 5.86. The van der Waals surface area contributed by atoms with Gasteiger partial charge in [0, 0.05) is 23.6 Å². The Balaban J connectivity index is 0.000000282. The summed E-state index contributed by atoms with van der Waals surface area (Å²) in [7, 11) is -3.25. The van der Waals surface area contributed by atoms with Gasteiger partial charge in [0.05, 0.1) is 7.11 Å². The van der Waals surface area contributed by atoms with Gasteiger partial charge >= 0.3 is 0 Å². The van der Waals surface area contributed by atoms with Crippen molar-refractivity contribution in [1.82, 2.24) is 0 Å². The molecule has 3 rings (SSSR count). The van der Waals surface area contributed by atoms with E-state index in [9.17, 15) is 0 Å². The number of nitrogens with zero attached hydrogens (tertiary/aromatic N) is 1. The number of methoxy groups -OCH3 is 1. The van der Waals surface area contributed by atoms with Gasteiger partial charge in [0.1, 0.15) is 5.75 Å². The van der Waals surface area contributed by atoms with Crippen molar-refractivity contribution in [3.8, 4) is 5.75 Å². The highest BCUT2D eigenvalue weighted by Crippen LogP contribution is 2.20. The Morgan fingerprint density at radius 2 is 1.67 bits per heavy atom. The van der Waals surface area contributed by atoms with E-state index in [0.29, 0.717) is 0 Å². The van der Waals surface area contributed by atoms with Crippen LogP contribution in [0, 0.1) is 10.2 Å². The molecular weight excluding hydrogens is 298 g/mol. The lowest BCUT2D eigenvalue weighted by molar-refractivity contribution is -2.00. The van der Waals surface area contributed by atoms with E-state index in [1.54, 1.807) is 7.11 Å². The summed E-state index contributed by atoms with van der Waals surface area (Å²) in [6.45, 7) is 0. The Bertz CT molecular complexity index is 751. The molecule has 0 saturated heterocycles. The number of aromatic nitrogens is 1. The molecule has 0 aliphatic carbocycles. The van der Waals surface area contributed by atoms with Crippen molar-refractivity contribution in [1.29, 1.82) is 0 Å². The van der Waals surface area contributed by atoms with Gasteiger partial charge in [-0.1, -0.05) is 0 Å². The minimum Gasteiger partial charge on any atom is -0.497 e. The molecule has 1 aromatic carbocycles. The van der Waals surface area contributed by atoms with E-state index in [1.807, 2.05) is 18.2 Å². The van der Waals surface area contributed by atoms with Crippen molar-refractivity contribution in [2.75, 3.05) is 7.11 Å². The van der Waals surface area contributed by atoms with Gasteiger partial charge < -0.3 is 4.74 Å². The van der Waals surface area contributed by atoms with E-state index in [-0.39, 0.29) is 0 Å². The minimum absolute atomic E-state index is 0.896. The van der Waals surface area contributed by atoms with Crippen LogP contribution in [0.15, 0.2) is 54.9 Å². The van der Waals surface area contributed by atoms with E-state index in [2.05, 4.69) is 41.1 Å². The average Bonchev–Trinajstić information content (AvgIpc) is 2.42. The van der Waals surface area contributed by atoms with Crippen LogP contribution in [0.25, 0.3) is 16.3 Å². The maximum absolute atomic E-state index is 8.49. The number of rotatable bonds is 1. The van der Waals surface area contributed by atoms with Crippen LogP contribution in [-0.2, 0) is 0 Å². The predicted molar refractivity (Wildman–Crippen MR) is 63.7 cm³/mol. The standard InChI is InChI=1S/C14H12NO.ClHO4/c1-16-14-6-5-11-10-15-7-3-2-4-13(15)8-12(11)9-14;2-1(3,4)5/h2-10H,1H3;(H,2,3,4,5)/q+1;/p-1. The lowest BCUT2D eigenvalue weighted by Crippen LogP contribution is -2.68. The summed E-state index contributed by atoms with van der Waals surface area (Å²) in [5.41, 5.74) is 1.18. The second-order valence-electron chi connectivity index (χ2n) is 4.18. The lowest BCUT2D eigenvalue weighted by Gasteiger charge is -2.17. The molecule has 0 atom stereocenters. The first-order chi connectivity index (χ1) is 9.86. The Kier molecular flexibility index (Phi) is 4.56. The summed E-state index contributed by atoms with van der Waals surface area (Å²) in [6, 6.07) is 14.5. The SMILES string of the molecule is COc1ccc2c[n+]3ccccc3cc2c1.[O-][Cl+3]([O-])([O-])[O-]. The Labute approximate surface area is 122 Å². The summed E-state index contributed by atoms with van der Waals surface area (Å²) in [5, 5.41) is 2.41. The molecule has 2 heterocycles. The summed E-state index contributed by atoms with van der Waals surface area (Å²) >= 11 is 0. The van der Waals surface area contributed by atoms with Crippen LogP contribution < -0.4 is 27.8 Å². The molecule has 0 aliphatic rings. The molecule has 0 saturated carbocycles. The Morgan fingerprint density at radius 1 is 0.952 bits per heavy atom. The number of benzene rings is 1. The highest BCUT2D eigenvalue weighted by molar-refractivity contribution is 5.85. The monoisotopic (exact) mass is 309 g/mol. The third-order valence-corrected chi connectivity index (χ3v) is 2.80. The van der Waals surface area contributed by atoms with E-state index in [4.69, 9.17) is 23.4 Å². The lowest BCUT2D eigenvalue weighted by atomic mass is 10.1. The quantitative estimate of drug-likeness (QED) is 0.376. The van der Waals surface area contributed by atoms with Crippen molar-refractivity contribution in [2.24, 2.45) is 0 Å². The number of hydrogen-bond acceptors (Lipinski definition) is 5. The minimum atomic E-state index is -4.94. The number of fused-ring (bicyclic) bond motifs is 2. The molecule has 3 aromatic rings. The summed E-state index contributed by atoms with van der Waals surface area (Å²) in [6.07, 6.45) is 4.18. The van der Waals surface area contributed by atoms with Gasteiger partial charge in [0.15, 0.2) is 12.4 Å². The van der Waals surface area contributed by atoms with Crippen LogP contribution in [-0.4, -0.2) is 7.11 Å². The van der Waals surface area contributed by atoms with Crippen molar-refractivity contribution < 1.29 is 38.0 Å². The fraction of sp³-hybridized carbons (Fsp3) is 0.0714. The van der Waals surface area contributed by atoms with Crippen LogP contribution in [0.4, 0.5) is 0 Å². The highest BCUT2D eigenvalue weighted by atomic mass is 35.7. The molecule has 0 aliphatic heterocycles. The normalized spacial score (nSPS) is 11.1. The number of pyridine rings is 2. The molecule has 6 nitrogen and oxygen atoms in total. The first kappa shape index (κ1) is 15.4. The zero-order chi connectivity index (χ0) is 15.5. The maximum atomic E-state index is 8.49. The summed E-state index contributed by atoms with van der Waals surface area (Å²) in [4.78, 5) is 0. The average molecular weight is 310 g/mol. The zero-order valence-electron chi connectivity index (χ0n) is 11.1. The molecule has 0 N–H and O–H groups in total. The Hall–Kier alpha value is -1.96. The fourth-order valence-electron chi connectivity index (χ4n) is 1.94. The Morgan fingerprint density at radius 3 is 2.33 bits per heavy atom. The molecule has 0 spiro atoms. The summed E-state index contributed by atoms with van der Waals surface area (Å²) < 4.78 is 41.3. The molecule has 21 heavy (non-hydrogen) atoms. The van der Waals surface area contributed by atoms with Crippen LogP contribution in [0.1, 0.15) is 0 Å². The molecule has 0 fully saturated rings. The second-order valence-corrected chi connectivity index (χ2v) is 4.93. The van der Waals surface area contributed by atoms with Crippen molar-refractivity contribution in [3.05, 3.63) is 54.9 Å². The van der Waals surface area contributed by atoms with Gasteiger partial charge in [-0.05, 0) is 29.7 Å². The van der Waals surface area contributed by atoms with Crippen molar-refractivity contribution in [3.63, 3.8) is 0 Å². The number of ether oxygens (including phenoxy) is 1. The molecule has 0 unspecified atom stereocenters. The number of hydrogen-bond donors (Lipinski definition) is 0. The summed E-state index contributed by atoms with van der Waals surface area (Å²) in [5.74, 6) is 0.896. The highest BCUT2D eigenvalue weighted by Gasteiger charge is 2.04. The van der Waals surface area contributed by atoms with E-state index >= 15 is 0 Å². The van der Waals surface area contributed by atoms with Gasteiger partial charge in [-0.15, -0.1) is 10.2 Å². The van der Waals surface area contributed by atoms with Crippen LogP contribution in [0.5, 0.6) is 5.75 Å². The van der Waals surface area contributed by atoms with E-state index in [1.165, 1.54) is 16.3 Å². The molecule has 7 heteroatoms. The molecule has 110 valence electrons. The van der Waals surface area contributed by atoms with Gasteiger partial charge in [-0.25, -0.2) is 18.6 Å². The topological polar surface area (TPSA) is 106 Å². The first-order valence-corrected chi connectivity index (χ1v) is 7.10.